The monoisotopic (exact) mass is 581 g/mol. The summed E-state index contributed by atoms with van der Waals surface area (Å²) < 4.78 is 21.5. The minimum atomic E-state index is -1.16. The third-order valence-corrected chi connectivity index (χ3v) is 7.68. The summed E-state index contributed by atoms with van der Waals surface area (Å²) in [5.74, 6) is -0.611. The lowest BCUT2D eigenvalue weighted by molar-refractivity contribution is -0.0299. The molecule has 0 bridgehead atoms. The zero-order chi connectivity index (χ0) is 29.0. The smallest absolute Gasteiger partial charge is 0.262 e. The predicted molar refractivity (Wildman–Crippen MR) is 155 cm³/mol. The van der Waals surface area contributed by atoms with Crippen LogP contribution in [0, 0.1) is 5.82 Å². The number of likely N-dealkylation sites (tertiary alicyclic amines) is 1. The van der Waals surface area contributed by atoms with Crippen LogP contribution < -0.4 is 10.9 Å². The highest BCUT2D eigenvalue weighted by Gasteiger charge is 2.35. The summed E-state index contributed by atoms with van der Waals surface area (Å²) in [5.41, 5.74) is 0.190. The van der Waals surface area contributed by atoms with Gasteiger partial charge < -0.3 is 20.1 Å². The molecule has 2 aliphatic heterocycles. The Morgan fingerprint density at radius 2 is 1.88 bits per heavy atom. The first-order valence-corrected chi connectivity index (χ1v) is 14.0. The lowest BCUT2D eigenvalue weighted by atomic mass is 9.91. The summed E-state index contributed by atoms with van der Waals surface area (Å²) in [6.45, 7) is 5.69. The van der Waals surface area contributed by atoms with Crippen molar-refractivity contribution in [3.05, 3.63) is 93.9 Å². The third-order valence-electron chi connectivity index (χ3n) is 7.41. The van der Waals surface area contributed by atoms with E-state index < -0.39 is 11.4 Å². The summed E-state index contributed by atoms with van der Waals surface area (Å²) in [7, 11) is 0. The number of piperidine rings is 1. The third kappa shape index (κ3) is 6.68. The fraction of sp³-hybridized carbons (Fsp3) is 0.367. The van der Waals surface area contributed by atoms with E-state index >= 15 is 0 Å². The van der Waals surface area contributed by atoms with Crippen LogP contribution in [0.1, 0.15) is 30.1 Å². The molecule has 9 nitrogen and oxygen atoms in total. The number of benzene rings is 2. The molecule has 4 heterocycles. The normalized spacial score (nSPS) is 18.5. The highest BCUT2D eigenvalue weighted by atomic mass is 35.5. The lowest BCUT2D eigenvalue weighted by Gasteiger charge is -2.38. The molecule has 11 heteroatoms. The molecule has 1 atom stereocenters. The molecular formula is C30H33ClFN5O4. The number of hydrogen-bond donors (Lipinski definition) is 2. The SMILES string of the molecule is CC1CNCCO1.O=C(c1ccc(F)cc1)N1CCC(O)(Cn2cnc3c(cc(Cl)n3-c3ccccc3)c2=O)CC1. The maximum absolute atomic E-state index is 13.2. The molecule has 2 saturated heterocycles. The minimum Gasteiger partial charge on any atom is -0.388 e. The van der Waals surface area contributed by atoms with Crippen LogP contribution >= 0.6 is 11.6 Å². The Hall–Kier alpha value is -3.57. The van der Waals surface area contributed by atoms with Crippen molar-refractivity contribution in [3.8, 4) is 5.69 Å². The Morgan fingerprint density at radius 1 is 1.17 bits per heavy atom. The average molecular weight is 582 g/mol. The van der Waals surface area contributed by atoms with Crippen molar-refractivity contribution in [3.63, 3.8) is 0 Å². The largest absolute Gasteiger partial charge is 0.388 e. The van der Waals surface area contributed by atoms with Gasteiger partial charge in [-0.2, -0.15) is 0 Å². The number of fused-ring (bicyclic) bond motifs is 1. The maximum Gasteiger partial charge on any atom is 0.262 e. The number of aliphatic hydroxyl groups is 1. The molecule has 41 heavy (non-hydrogen) atoms. The van der Waals surface area contributed by atoms with Gasteiger partial charge in [0.1, 0.15) is 17.3 Å². The van der Waals surface area contributed by atoms with E-state index in [1.165, 1.54) is 35.2 Å². The molecule has 2 aromatic carbocycles. The molecule has 216 valence electrons. The zero-order valence-corrected chi connectivity index (χ0v) is 23.6. The molecule has 0 radical (unpaired) electrons. The van der Waals surface area contributed by atoms with Crippen molar-refractivity contribution >= 4 is 28.5 Å². The van der Waals surface area contributed by atoms with E-state index in [-0.39, 0.29) is 18.0 Å². The number of morpholine rings is 1. The second-order valence-corrected chi connectivity index (χ2v) is 10.8. The number of carbonyl (C=O) groups is 1. The van der Waals surface area contributed by atoms with Crippen LogP contribution in [-0.2, 0) is 11.3 Å². The van der Waals surface area contributed by atoms with Crippen LogP contribution in [0.4, 0.5) is 4.39 Å². The zero-order valence-electron chi connectivity index (χ0n) is 22.8. The molecule has 0 spiro atoms. The number of carbonyl (C=O) groups excluding carboxylic acids is 1. The average Bonchev–Trinajstić information content (AvgIpc) is 3.33. The van der Waals surface area contributed by atoms with E-state index in [1.54, 1.807) is 15.5 Å². The summed E-state index contributed by atoms with van der Waals surface area (Å²) in [6.07, 6.45) is 2.45. The second kappa shape index (κ2) is 12.5. The molecule has 2 N–H and O–H groups in total. The predicted octanol–water partition coefficient (Wildman–Crippen LogP) is 3.64. The molecular weight excluding hydrogens is 549 g/mol. The van der Waals surface area contributed by atoms with Crippen LogP contribution in [0.3, 0.4) is 0 Å². The van der Waals surface area contributed by atoms with E-state index in [0.717, 1.165) is 25.4 Å². The van der Waals surface area contributed by atoms with Crippen molar-refractivity contribution in [1.82, 2.24) is 24.3 Å². The quantitative estimate of drug-likeness (QED) is 0.382. The number of nitrogens with zero attached hydrogens (tertiary/aromatic N) is 4. The van der Waals surface area contributed by atoms with E-state index in [9.17, 15) is 19.1 Å². The summed E-state index contributed by atoms with van der Waals surface area (Å²) >= 11 is 6.42. The van der Waals surface area contributed by atoms with Crippen LogP contribution in [0.15, 0.2) is 71.8 Å². The van der Waals surface area contributed by atoms with Crippen molar-refractivity contribution in [2.75, 3.05) is 32.8 Å². The van der Waals surface area contributed by atoms with Gasteiger partial charge in [-0.25, -0.2) is 9.37 Å². The van der Waals surface area contributed by atoms with Gasteiger partial charge in [-0.05, 0) is 62.2 Å². The van der Waals surface area contributed by atoms with Crippen molar-refractivity contribution in [2.45, 2.75) is 38.0 Å². The van der Waals surface area contributed by atoms with E-state index in [1.807, 2.05) is 30.3 Å². The van der Waals surface area contributed by atoms with Crippen molar-refractivity contribution < 1.29 is 19.0 Å². The van der Waals surface area contributed by atoms with Gasteiger partial charge in [-0.15, -0.1) is 0 Å². The first kappa shape index (κ1) is 28.9. The number of rotatable bonds is 4. The maximum atomic E-state index is 13.2. The Morgan fingerprint density at radius 3 is 2.49 bits per heavy atom. The van der Waals surface area contributed by atoms with E-state index in [2.05, 4.69) is 17.2 Å². The standard InChI is InChI=1S/C25H22ClFN4O3.C5H11NO/c26-21-14-20-22(31(21)19-4-2-1-3-5-19)28-16-30(24(20)33)15-25(34)10-12-29(13-11-25)23(32)17-6-8-18(27)9-7-17;1-5-4-6-2-3-7-5/h1-9,14,16,34H,10-13,15H2;5-6H,2-4H2,1H3. The van der Waals surface area contributed by atoms with Gasteiger partial charge in [0, 0.05) is 37.4 Å². The molecule has 0 aliphatic carbocycles. The van der Waals surface area contributed by atoms with Gasteiger partial charge in [0.05, 0.1) is 30.2 Å². The van der Waals surface area contributed by atoms with Crippen molar-refractivity contribution in [1.29, 1.82) is 0 Å². The van der Waals surface area contributed by atoms with Gasteiger partial charge in [0.2, 0.25) is 0 Å². The summed E-state index contributed by atoms with van der Waals surface area (Å²) in [6, 6.07) is 16.4. The Kier molecular flexibility index (Phi) is 8.84. The summed E-state index contributed by atoms with van der Waals surface area (Å²) in [4.78, 5) is 31.9. The van der Waals surface area contributed by atoms with E-state index in [0.29, 0.717) is 53.8 Å². The molecule has 2 fully saturated rings. The topological polar surface area (TPSA) is 102 Å². The van der Waals surface area contributed by atoms with Crippen LogP contribution in [-0.4, -0.2) is 74.5 Å². The van der Waals surface area contributed by atoms with Gasteiger partial charge >= 0.3 is 0 Å². The number of hydrogen-bond acceptors (Lipinski definition) is 6. The molecule has 6 rings (SSSR count). The molecule has 1 unspecified atom stereocenters. The van der Waals surface area contributed by atoms with Crippen LogP contribution in [0.5, 0.6) is 0 Å². The summed E-state index contributed by atoms with van der Waals surface area (Å²) in [5, 5.41) is 15.1. The van der Waals surface area contributed by atoms with E-state index in [4.69, 9.17) is 16.3 Å². The molecule has 4 aromatic rings. The Labute approximate surface area is 242 Å². The van der Waals surface area contributed by atoms with Gasteiger partial charge in [0.25, 0.3) is 11.5 Å². The number of amides is 1. The van der Waals surface area contributed by atoms with Crippen LogP contribution in [0.25, 0.3) is 16.7 Å². The fourth-order valence-corrected chi connectivity index (χ4v) is 5.38. The number of halogens is 2. The number of aromatic nitrogens is 3. The highest BCUT2D eigenvalue weighted by molar-refractivity contribution is 6.31. The van der Waals surface area contributed by atoms with Gasteiger partial charge in [-0.1, -0.05) is 29.8 Å². The first-order chi connectivity index (χ1) is 19.7. The van der Waals surface area contributed by atoms with Crippen LogP contribution in [0.2, 0.25) is 5.15 Å². The van der Waals surface area contributed by atoms with Crippen molar-refractivity contribution in [2.24, 2.45) is 0 Å². The molecule has 0 saturated carbocycles. The number of para-hydroxylation sites is 1. The molecule has 1 amide bonds. The molecule has 2 aromatic heterocycles. The second-order valence-electron chi connectivity index (χ2n) is 10.5. The Bertz CT molecular complexity index is 1540. The van der Waals surface area contributed by atoms with Gasteiger partial charge in [-0.3, -0.25) is 18.7 Å². The fourth-order valence-electron chi connectivity index (χ4n) is 5.09. The lowest BCUT2D eigenvalue weighted by Crippen LogP contribution is -2.49. The number of nitrogens with one attached hydrogen (secondary N) is 1. The number of ether oxygens (including phenoxy) is 1. The van der Waals surface area contributed by atoms with Gasteiger partial charge in [0.15, 0.2) is 5.65 Å². The Balaban J connectivity index is 0.000000423. The highest BCUT2D eigenvalue weighted by Crippen LogP contribution is 2.27. The minimum absolute atomic E-state index is 0.0570. The molecule has 2 aliphatic rings. The first-order valence-electron chi connectivity index (χ1n) is 13.7.